The summed E-state index contributed by atoms with van der Waals surface area (Å²) in [5.41, 5.74) is 5.06. The summed E-state index contributed by atoms with van der Waals surface area (Å²) in [7, 11) is 0. The second kappa shape index (κ2) is 8.21. The Morgan fingerprint density at radius 2 is 1.79 bits per heavy atom. The molecule has 0 aliphatic carbocycles. The Balaban J connectivity index is 1.38. The molecule has 0 radical (unpaired) electrons. The van der Waals surface area contributed by atoms with Crippen LogP contribution in [-0.4, -0.2) is 17.2 Å². The maximum Gasteiger partial charge on any atom is 0.345 e. The summed E-state index contributed by atoms with van der Waals surface area (Å²) in [6, 6.07) is 21.7. The molecule has 0 fully saturated rings. The average molecular weight is 408 g/mol. The highest BCUT2D eigenvalue weighted by Gasteiger charge is 2.11. The first-order valence-corrected chi connectivity index (χ1v) is 9.60. The molecule has 0 saturated heterocycles. The highest BCUT2D eigenvalue weighted by molar-refractivity contribution is 7.22. The van der Waals surface area contributed by atoms with Gasteiger partial charge in [0.2, 0.25) is 5.13 Å². The van der Waals surface area contributed by atoms with E-state index in [1.165, 1.54) is 11.3 Å². The number of fused-ring (bicyclic) bond motifs is 1. The summed E-state index contributed by atoms with van der Waals surface area (Å²) in [6.07, 6.45) is 1.67. The highest BCUT2D eigenvalue weighted by Crippen LogP contribution is 2.25. The Hall–Kier alpha value is -3.22. The summed E-state index contributed by atoms with van der Waals surface area (Å²) in [5.74, 6) is -0.0641. The van der Waals surface area contributed by atoms with Crippen molar-refractivity contribution in [1.29, 1.82) is 0 Å². The predicted octanol–water partition coefficient (Wildman–Crippen LogP) is 5.61. The number of nitrogens with one attached hydrogen (secondary N) is 1. The summed E-state index contributed by atoms with van der Waals surface area (Å²) in [5, 5.41) is 5.29. The molecule has 4 aromatic rings. The van der Waals surface area contributed by atoms with E-state index in [0.717, 1.165) is 20.9 Å². The van der Waals surface area contributed by atoms with E-state index in [1.807, 2.05) is 24.3 Å². The van der Waals surface area contributed by atoms with Gasteiger partial charge in [0, 0.05) is 0 Å². The lowest BCUT2D eigenvalue weighted by molar-refractivity contribution is 0.0735. The van der Waals surface area contributed by atoms with Crippen LogP contribution in [0.1, 0.15) is 15.9 Å². The number of aromatic nitrogens is 1. The second-order valence-electron chi connectivity index (χ2n) is 5.80. The molecule has 3 aromatic carbocycles. The van der Waals surface area contributed by atoms with E-state index >= 15 is 0 Å². The number of hydrogen-bond donors (Lipinski definition) is 1. The molecule has 0 atom stereocenters. The van der Waals surface area contributed by atoms with Crippen molar-refractivity contribution in [3.05, 3.63) is 88.9 Å². The van der Waals surface area contributed by atoms with Gasteiger partial charge in [-0.3, -0.25) is 5.43 Å². The minimum Gasteiger partial charge on any atom is -0.423 e. The topological polar surface area (TPSA) is 63.6 Å². The molecule has 1 heterocycles. The third-order valence-corrected chi connectivity index (χ3v) is 5.12. The van der Waals surface area contributed by atoms with Crippen molar-refractivity contribution in [2.75, 3.05) is 5.43 Å². The predicted molar refractivity (Wildman–Crippen MR) is 114 cm³/mol. The quantitative estimate of drug-likeness (QED) is 0.202. The van der Waals surface area contributed by atoms with Gasteiger partial charge in [-0.05, 0) is 54.1 Å². The Labute approximate surface area is 170 Å². The fraction of sp³-hybridized carbons (Fsp3) is 0. The maximum atomic E-state index is 12.2. The fourth-order valence-corrected chi connectivity index (χ4v) is 3.52. The van der Waals surface area contributed by atoms with Crippen molar-refractivity contribution in [2.24, 2.45) is 5.10 Å². The fourth-order valence-electron chi connectivity index (χ4n) is 2.49. The van der Waals surface area contributed by atoms with Crippen molar-refractivity contribution < 1.29 is 9.53 Å². The van der Waals surface area contributed by atoms with Gasteiger partial charge in [-0.25, -0.2) is 9.78 Å². The van der Waals surface area contributed by atoms with E-state index in [2.05, 4.69) is 15.5 Å². The van der Waals surface area contributed by atoms with E-state index in [1.54, 1.807) is 54.7 Å². The van der Waals surface area contributed by atoms with E-state index in [-0.39, 0.29) is 0 Å². The number of carbonyl (C=O) groups is 1. The van der Waals surface area contributed by atoms with Gasteiger partial charge in [0.05, 0.1) is 27.0 Å². The Morgan fingerprint density at radius 1 is 1.04 bits per heavy atom. The molecule has 0 amide bonds. The molecule has 1 aromatic heterocycles. The number of hydrazone groups is 1. The van der Waals surface area contributed by atoms with E-state index in [0.29, 0.717) is 16.3 Å². The van der Waals surface area contributed by atoms with E-state index in [9.17, 15) is 4.79 Å². The molecule has 138 valence electrons. The van der Waals surface area contributed by atoms with Crippen molar-refractivity contribution in [3.8, 4) is 5.75 Å². The zero-order chi connectivity index (χ0) is 19.3. The molecule has 0 bridgehead atoms. The van der Waals surface area contributed by atoms with Crippen molar-refractivity contribution in [2.45, 2.75) is 0 Å². The third kappa shape index (κ3) is 4.19. The van der Waals surface area contributed by atoms with Crippen molar-refractivity contribution in [3.63, 3.8) is 0 Å². The van der Waals surface area contributed by atoms with Crippen LogP contribution in [0.2, 0.25) is 5.02 Å². The number of anilines is 1. The lowest BCUT2D eigenvalue weighted by atomic mass is 10.2. The number of thiazole rings is 1. The lowest BCUT2D eigenvalue weighted by Crippen LogP contribution is -2.08. The normalized spacial score (nSPS) is 11.0. The van der Waals surface area contributed by atoms with Gasteiger partial charge < -0.3 is 4.74 Å². The molecule has 5 nitrogen and oxygen atoms in total. The van der Waals surface area contributed by atoms with Gasteiger partial charge in [-0.2, -0.15) is 5.10 Å². The number of ether oxygens (including phenoxy) is 1. The first-order valence-electron chi connectivity index (χ1n) is 8.40. The van der Waals surface area contributed by atoms with Crippen molar-refractivity contribution in [1.82, 2.24) is 4.98 Å². The first kappa shape index (κ1) is 18.2. The summed E-state index contributed by atoms with van der Waals surface area (Å²) in [4.78, 5) is 16.6. The Kier molecular flexibility index (Phi) is 5.32. The van der Waals surface area contributed by atoms with E-state index < -0.39 is 5.97 Å². The highest BCUT2D eigenvalue weighted by atomic mass is 35.5. The molecule has 0 aliphatic heterocycles. The van der Waals surface area contributed by atoms with Gasteiger partial charge >= 0.3 is 5.97 Å². The second-order valence-corrected chi connectivity index (χ2v) is 7.23. The average Bonchev–Trinajstić information content (AvgIpc) is 3.12. The zero-order valence-electron chi connectivity index (χ0n) is 14.5. The molecular weight excluding hydrogens is 394 g/mol. The van der Waals surface area contributed by atoms with E-state index in [4.69, 9.17) is 16.3 Å². The number of halogens is 1. The number of esters is 1. The minimum atomic E-state index is -0.496. The molecule has 7 heteroatoms. The molecule has 4 rings (SSSR count). The molecule has 0 unspecified atom stereocenters. The molecule has 0 aliphatic rings. The van der Waals surface area contributed by atoms with Crippen LogP contribution in [-0.2, 0) is 0 Å². The van der Waals surface area contributed by atoms with Gasteiger partial charge in [-0.15, -0.1) is 0 Å². The van der Waals surface area contributed by atoms with Gasteiger partial charge in [-0.1, -0.05) is 47.2 Å². The van der Waals surface area contributed by atoms with Crippen LogP contribution in [0.25, 0.3) is 10.2 Å². The number of carbonyl (C=O) groups excluding carboxylic acids is 1. The Morgan fingerprint density at radius 3 is 2.57 bits per heavy atom. The van der Waals surface area contributed by atoms with Crippen LogP contribution >= 0.6 is 22.9 Å². The Bertz CT molecular complexity index is 1120. The van der Waals surface area contributed by atoms with Crippen LogP contribution in [0.15, 0.2) is 77.9 Å². The van der Waals surface area contributed by atoms with Crippen LogP contribution in [0.3, 0.4) is 0 Å². The number of nitrogens with zero attached hydrogens (tertiary/aromatic N) is 2. The monoisotopic (exact) mass is 407 g/mol. The number of rotatable bonds is 5. The minimum absolute atomic E-state index is 0.329. The largest absolute Gasteiger partial charge is 0.423 e. The summed E-state index contributed by atoms with van der Waals surface area (Å²) >= 11 is 7.55. The smallest absolute Gasteiger partial charge is 0.345 e. The number of benzene rings is 3. The molecule has 1 N–H and O–H groups in total. The number of hydrogen-bond acceptors (Lipinski definition) is 6. The SMILES string of the molecule is O=C(Oc1ccc(/C=N\Nc2nc3ccccc3s2)cc1)c1ccccc1Cl. The van der Waals surface area contributed by atoms with Crippen LogP contribution in [0.4, 0.5) is 5.13 Å². The standard InChI is InChI=1S/C21H14ClN3O2S/c22-17-6-2-1-5-16(17)20(26)27-15-11-9-14(10-12-15)13-23-25-21-24-18-7-3-4-8-19(18)28-21/h1-13H,(H,24,25)/b23-13-. The maximum absolute atomic E-state index is 12.2. The summed E-state index contributed by atoms with van der Waals surface area (Å²) in [6.45, 7) is 0. The van der Waals surface area contributed by atoms with Crippen LogP contribution < -0.4 is 10.2 Å². The van der Waals surface area contributed by atoms with Crippen LogP contribution in [0, 0.1) is 0 Å². The van der Waals surface area contributed by atoms with Gasteiger partial charge in [0.1, 0.15) is 5.75 Å². The van der Waals surface area contributed by atoms with Crippen LogP contribution in [0.5, 0.6) is 5.75 Å². The summed E-state index contributed by atoms with van der Waals surface area (Å²) < 4.78 is 6.45. The van der Waals surface area contributed by atoms with Gasteiger partial charge in [0.15, 0.2) is 0 Å². The zero-order valence-corrected chi connectivity index (χ0v) is 16.1. The first-order chi connectivity index (χ1) is 13.7. The van der Waals surface area contributed by atoms with Gasteiger partial charge in [0.25, 0.3) is 0 Å². The molecule has 0 spiro atoms. The van der Waals surface area contributed by atoms with Crippen molar-refractivity contribution >= 4 is 50.5 Å². The molecule has 0 saturated carbocycles. The lowest BCUT2D eigenvalue weighted by Gasteiger charge is -2.05. The molecular formula is C21H14ClN3O2S. The third-order valence-electron chi connectivity index (χ3n) is 3.85. The molecule has 28 heavy (non-hydrogen) atoms. The number of para-hydroxylation sites is 1.